The summed E-state index contributed by atoms with van der Waals surface area (Å²) < 4.78 is 13.2. The van der Waals surface area contributed by atoms with Crippen molar-refractivity contribution in [1.29, 1.82) is 0 Å². The van der Waals surface area contributed by atoms with Crippen molar-refractivity contribution in [3.05, 3.63) is 52.8 Å². The molecule has 2 aromatic carbocycles. The van der Waals surface area contributed by atoms with E-state index in [0.29, 0.717) is 21.7 Å². The molecule has 3 aromatic rings. The van der Waals surface area contributed by atoms with Gasteiger partial charge in [-0.05, 0) is 48.9 Å². The van der Waals surface area contributed by atoms with E-state index in [1.165, 1.54) is 12.1 Å². The van der Waals surface area contributed by atoms with Crippen LogP contribution in [0.1, 0.15) is 5.56 Å². The number of anilines is 1. The lowest BCUT2D eigenvalue weighted by atomic mass is 10.1. The van der Waals surface area contributed by atoms with Crippen LogP contribution in [0.2, 0.25) is 5.02 Å². The Balaban J connectivity index is 2.24. The number of fused-ring (bicyclic) bond motifs is 1. The number of hydrogen-bond acceptors (Lipinski definition) is 3. The number of benzene rings is 2. The van der Waals surface area contributed by atoms with Gasteiger partial charge in [-0.15, -0.1) is 0 Å². The molecule has 0 fully saturated rings. The average Bonchev–Trinajstić information content (AvgIpc) is 2.38. The highest BCUT2D eigenvalue weighted by Gasteiger charge is 2.09. The summed E-state index contributed by atoms with van der Waals surface area (Å²) in [5, 5.41) is 1.12. The quantitative estimate of drug-likeness (QED) is 0.736. The van der Waals surface area contributed by atoms with Gasteiger partial charge in [-0.2, -0.15) is 0 Å². The number of aromatic nitrogens is 2. The van der Waals surface area contributed by atoms with Gasteiger partial charge in [0.25, 0.3) is 0 Å². The first kappa shape index (κ1) is 12.8. The summed E-state index contributed by atoms with van der Waals surface area (Å²) in [4.78, 5) is 8.65. The van der Waals surface area contributed by atoms with Crippen molar-refractivity contribution >= 4 is 28.3 Å². The van der Waals surface area contributed by atoms with Crippen LogP contribution in [-0.2, 0) is 0 Å². The second kappa shape index (κ2) is 4.72. The first-order valence-electron chi connectivity index (χ1n) is 6.03. The van der Waals surface area contributed by atoms with E-state index >= 15 is 0 Å². The minimum Gasteiger partial charge on any atom is -0.383 e. The number of aryl methyl sites for hydroxylation is 1. The highest BCUT2D eigenvalue weighted by Crippen LogP contribution is 2.26. The first-order valence-corrected chi connectivity index (χ1v) is 6.41. The van der Waals surface area contributed by atoms with Crippen molar-refractivity contribution in [2.75, 3.05) is 5.73 Å². The zero-order valence-electron chi connectivity index (χ0n) is 10.7. The summed E-state index contributed by atoms with van der Waals surface area (Å²) in [6, 6.07) is 9.82. The Morgan fingerprint density at radius 2 is 1.90 bits per heavy atom. The molecular weight excluding hydrogens is 277 g/mol. The molecule has 0 aliphatic rings. The van der Waals surface area contributed by atoms with E-state index in [0.717, 1.165) is 11.1 Å². The lowest BCUT2D eigenvalue weighted by molar-refractivity contribution is 0.629. The molecule has 0 aliphatic heterocycles. The van der Waals surface area contributed by atoms with Crippen LogP contribution in [0, 0.1) is 12.7 Å². The van der Waals surface area contributed by atoms with Gasteiger partial charge in [0.05, 0.1) is 5.52 Å². The van der Waals surface area contributed by atoms with Crippen LogP contribution in [0.3, 0.4) is 0 Å². The zero-order valence-corrected chi connectivity index (χ0v) is 11.4. The molecule has 0 aliphatic carbocycles. The molecule has 1 aromatic heterocycles. The molecule has 0 saturated heterocycles. The van der Waals surface area contributed by atoms with E-state index in [9.17, 15) is 4.39 Å². The van der Waals surface area contributed by atoms with Gasteiger partial charge >= 0.3 is 0 Å². The minimum absolute atomic E-state index is 0.252. The van der Waals surface area contributed by atoms with Crippen LogP contribution in [0.25, 0.3) is 22.3 Å². The van der Waals surface area contributed by atoms with Crippen LogP contribution in [-0.4, -0.2) is 9.97 Å². The highest BCUT2D eigenvalue weighted by atomic mass is 35.5. The molecular formula is C15H11ClFN3. The van der Waals surface area contributed by atoms with Gasteiger partial charge in [-0.1, -0.05) is 11.6 Å². The fraction of sp³-hybridized carbons (Fsp3) is 0.0667. The molecule has 0 unspecified atom stereocenters. The van der Waals surface area contributed by atoms with Crippen molar-refractivity contribution < 1.29 is 4.39 Å². The number of halogens is 2. The molecule has 0 bridgehead atoms. The van der Waals surface area contributed by atoms with E-state index in [1.807, 2.05) is 19.1 Å². The van der Waals surface area contributed by atoms with E-state index in [-0.39, 0.29) is 11.6 Å². The second-order valence-electron chi connectivity index (χ2n) is 4.61. The summed E-state index contributed by atoms with van der Waals surface area (Å²) in [7, 11) is 0. The summed E-state index contributed by atoms with van der Waals surface area (Å²) >= 11 is 6.04. The third kappa shape index (κ3) is 2.30. The van der Waals surface area contributed by atoms with Gasteiger partial charge in [0.2, 0.25) is 0 Å². The van der Waals surface area contributed by atoms with E-state index < -0.39 is 0 Å². The predicted octanol–water partition coefficient (Wildman–Crippen LogP) is 3.98. The molecule has 2 N–H and O–H groups in total. The van der Waals surface area contributed by atoms with Gasteiger partial charge < -0.3 is 5.73 Å². The van der Waals surface area contributed by atoms with Crippen LogP contribution in [0.5, 0.6) is 0 Å². The van der Waals surface area contributed by atoms with Gasteiger partial charge in [-0.3, -0.25) is 0 Å². The Kier molecular flexibility index (Phi) is 3.03. The third-order valence-electron chi connectivity index (χ3n) is 2.99. The SMILES string of the molecule is Cc1cc(Cl)cc(-c2nc(N)c3cc(F)ccc3n2)c1. The van der Waals surface area contributed by atoms with E-state index in [1.54, 1.807) is 12.1 Å². The average molecular weight is 288 g/mol. The maximum atomic E-state index is 13.2. The zero-order chi connectivity index (χ0) is 14.3. The minimum atomic E-state index is -0.362. The van der Waals surface area contributed by atoms with Crippen LogP contribution in [0.15, 0.2) is 36.4 Å². The topological polar surface area (TPSA) is 51.8 Å². The highest BCUT2D eigenvalue weighted by molar-refractivity contribution is 6.30. The van der Waals surface area contributed by atoms with Crippen molar-refractivity contribution in [1.82, 2.24) is 9.97 Å². The summed E-state index contributed by atoms with van der Waals surface area (Å²) in [6.45, 7) is 1.94. The Bertz CT molecular complexity index is 797. The Labute approximate surface area is 120 Å². The monoisotopic (exact) mass is 287 g/mol. The standard InChI is InChI=1S/C15H11ClFN3/c1-8-4-9(6-10(16)5-8)15-19-13-3-2-11(17)7-12(13)14(18)20-15/h2-7H,1H3,(H2,18,19,20). The lowest BCUT2D eigenvalue weighted by Crippen LogP contribution is -1.98. The molecule has 3 nitrogen and oxygen atoms in total. The number of nitrogen functional groups attached to an aromatic ring is 1. The molecule has 0 atom stereocenters. The number of nitrogens with zero attached hydrogens (tertiary/aromatic N) is 2. The predicted molar refractivity (Wildman–Crippen MR) is 79.1 cm³/mol. The van der Waals surface area contributed by atoms with Crippen LogP contribution in [0.4, 0.5) is 10.2 Å². The molecule has 1 heterocycles. The Morgan fingerprint density at radius 1 is 1.10 bits per heavy atom. The normalized spacial score (nSPS) is 10.9. The molecule has 0 saturated carbocycles. The van der Waals surface area contributed by atoms with Crippen molar-refractivity contribution in [2.45, 2.75) is 6.92 Å². The Hall–Kier alpha value is -2.20. The van der Waals surface area contributed by atoms with Gasteiger partial charge in [0, 0.05) is 16.0 Å². The lowest BCUT2D eigenvalue weighted by Gasteiger charge is -2.07. The second-order valence-corrected chi connectivity index (χ2v) is 5.05. The summed E-state index contributed by atoms with van der Waals surface area (Å²) in [6.07, 6.45) is 0. The maximum absolute atomic E-state index is 13.2. The molecule has 0 radical (unpaired) electrons. The summed E-state index contributed by atoms with van der Waals surface area (Å²) in [5.41, 5.74) is 8.29. The first-order chi connectivity index (χ1) is 9.52. The molecule has 5 heteroatoms. The smallest absolute Gasteiger partial charge is 0.162 e. The third-order valence-corrected chi connectivity index (χ3v) is 3.21. The van der Waals surface area contributed by atoms with E-state index in [2.05, 4.69) is 9.97 Å². The van der Waals surface area contributed by atoms with E-state index in [4.69, 9.17) is 17.3 Å². The molecule has 0 amide bonds. The maximum Gasteiger partial charge on any atom is 0.162 e. The number of hydrogen-bond donors (Lipinski definition) is 1. The fourth-order valence-electron chi connectivity index (χ4n) is 2.12. The van der Waals surface area contributed by atoms with Crippen molar-refractivity contribution in [3.8, 4) is 11.4 Å². The number of rotatable bonds is 1. The fourth-order valence-corrected chi connectivity index (χ4v) is 2.41. The molecule has 20 heavy (non-hydrogen) atoms. The van der Waals surface area contributed by atoms with Gasteiger partial charge in [0.1, 0.15) is 11.6 Å². The molecule has 100 valence electrons. The largest absolute Gasteiger partial charge is 0.383 e. The van der Waals surface area contributed by atoms with Gasteiger partial charge in [-0.25, -0.2) is 14.4 Å². The van der Waals surface area contributed by atoms with Crippen molar-refractivity contribution in [3.63, 3.8) is 0 Å². The Morgan fingerprint density at radius 3 is 2.65 bits per heavy atom. The van der Waals surface area contributed by atoms with Gasteiger partial charge in [0.15, 0.2) is 5.82 Å². The summed E-state index contributed by atoms with van der Waals surface area (Å²) in [5.74, 6) is 0.369. The van der Waals surface area contributed by atoms with Crippen molar-refractivity contribution in [2.24, 2.45) is 0 Å². The van der Waals surface area contributed by atoms with Crippen LogP contribution >= 0.6 is 11.6 Å². The number of nitrogens with two attached hydrogens (primary N) is 1. The molecule has 3 rings (SSSR count). The molecule has 0 spiro atoms. The van der Waals surface area contributed by atoms with Crippen LogP contribution < -0.4 is 5.73 Å².